The Morgan fingerprint density at radius 1 is 0.647 bits per heavy atom. The summed E-state index contributed by atoms with van der Waals surface area (Å²) in [5, 5.41) is 81.3. The third-order valence-electron chi connectivity index (χ3n) is 3.43. The molecular weight excluding hydrogens is 242 g/mol. The second kappa shape index (κ2) is 2.78. The predicted molar refractivity (Wildman–Crippen MR) is 44.9 cm³/mol. The zero-order valence-electron chi connectivity index (χ0n) is 8.39. The molecule has 2 aliphatic rings. The molecule has 1 saturated carbocycles. The minimum atomic E-state index is -3.17. The zero-order chi connectivity index (χ0) is 13.5. The van der Waals surface area contributed by atoms with E-state index in [-0.39, 0.29) is 4.90 Å². The Morgan fingerprint density at radius 2 is 1.00 bits per heavy atom. The Hall–Kier alpha value is -0.400. The van der Waals surface area contributed by atoms with E-state index >= 15 is 0 Å². The Bertz CT molecular complexity index is 334. The normalized spacial score (nSPS) is 34.4. The Morgan fingerprint density at radius 3 is 1.24 bits per heavy atom. The molecule has 0 aromatic rings. The third-order valence-corrected chi connectivity index (χ3v) is 3.43. The van der Waals surface area contributed by atoms with Gasteiger partial charge in [-0.3, -0.25) is 0 Å². The maximum atomic E-state index is 9.45. The van der Waals surface area contributed by atoms with Crippen LogP contribution in [0.5, 0.6) is 0 Å². The van der Waals surface area contributed by atoms with Crippen LogP contribution in [0.2, 0.25) is 0 Å². The van der Waals surface area contributed by atoms with E-state index in [0.29, 0.717) is 0 Å². The molecule has 0 aromatic heterocycles. The van der Waals surface area contributed by atoms with Gasteiger partial charge in [0.2, 0.25) is 0 Å². The van der Waals surface area contributed by atoms with E-state index in [4.69, 9.17) is 40.9 Å². The van der Waals surface area contributed by atoms with Crippen molar-refractivity contribution in [1.29, 1.82) is 0 Å². The summed E-state index contributed by atoms with van der Waals surface area (Å²) in [5.74, 6) is -12.2. The zero-order valence-corrected chi connectivity index (χ0v) is 8.39. The van der Waals surface area contributed by atoms with Crippen LogP contribution in [0.3, 0.4) is 0 Å². The molecule has 0 radical (unpaired) electrons. The summed E-state index contributed by atoms with van der Waals surface area (Å²) < 4.78 is 0. The summed E-state index contributed by atoms with van der Waals surface area (Å²) >= 11 is 0. The first-order valence-electron chi connectivity index (χ1n) is 4.63. The minimum Gasteiger partial charge on any atom is -0.379 e. The van der Waals surface area contributed by atoms with Crippen molar-refractivity contribution in [1.82, 2.24) is 4.90 Å². The maximum Gasteiger partial charge on any atom is 0.302 e. The van der Waals surface area contributed by atoms with E-state index in [1.54, 1.807) is 0 Å². The highest BCUT2D eigenvalue weighted by atomic mass is 16.7. The second-order valence-electron chi connectivity index (χ2n) is 4.38. The van der Waals surface area contributed by atoms with Crippen LogP contribution in [0.15, 0.2) is 0 Å². The lowest BCUT2D eigenvalue weighted by molar-refractivity contribution is -0.207. The number of aliphatic hydroxyl groups is 9. The summed E-state index contributed by atoms with van der Waals surface area (Å²) in [5.41, 5.74) is -2.71. The van der Waals surface area contributed by atoms with Crippen molar-refractivity contribution in [3.8, 4) is 0 Å². The molecule has 9 N–H and O–H groups in total. The molecule has 2 rings (SSSR count). The SMILES string of the molecule is OC1(O)N(CCC2(O)C(O)(O)C2(O)O)C1(O)O. The second-order valence-corrected chi connectivity index (χ2v) is 4.38. The Balaban J connectivity index is 1.99. The van der Waals surface area contributed by atoms with Crippen molar-refractivity contribution in [3.63, 3.8) is 0 Å². The van der Waals surface area contributed by atoms with Gasteiger partial charge < -0.3 is 46.0 Å². The number of hydrogen-bond donors (Lipinski definition) is 9. The molecule has 17 heavy (non-hydrogen) atoms. The molecule has 0 spiro atoms. The number of rotatable bonds is 3. The Labute approximate surface area is 93.8 Å². The minimum absolute atomic E-state index is 0.280. The van der Waals surface area contributed by atoms with Gasteiger partial charge in [0.15, 0.2) is 5.60 Å². The quantitative estimate of drug-likeness (QED) is 0.174. The number of hydrogen-bond acceptors (Lipinski definition) is 10. The van der Waals surface area contributed by atoms with Crippen LogP contribution in [-0.4, -0.2) is 86.4 Å². The van der Waals surface area contributed by atoms with Crippen LogP contribution in [0, 0.1) is 0 Å². The van der Waals surface area contributed by atoms with E-state index in [2.05, 4.69) is 0 Å². The molecule has 10 nitrogen and oxygen atoms in total. The van der Waals surface area contributed by atoms with E-state index in [9.17, 15) is 5.11 Å². The molecule has 10 heteroatoms. The third kappa shape index (κ3) is 1.17. The van der Waals surface area contributed by atoms with Crippen LogP contribution in [0.1, 0.15) is 6.42 Å². The summed E-state index contributed by atoms with van der Waals surface area (Å²) in [6, 6.07) is 0. The van der Waals surface area contributed by atoms with Crippen LogP contribution < -0.4 is 0 Å². The molecule has 2 fully saturated rings. The lowest BCUT2D eigenvalue weighted by Crippen LogP contribution is -2.30. The molecular formula is C7H13NO9. The van der Waals surface area contributed by atoms with Gasteiger partial charge in [0, 0.05) is 13.0 Å². The predicted octanol–water partition coefficient (Wildman–Crippen LogP) is -5.92. The first kappa shape index (κ1) is 13.0. The monoisotopic (exact) mass is 255 g/mol. The van der Waals surface area contributed by atoms with Crippen molar-refractivity contribution >= 4 is 0 Å². The fourth-order valence-corrected chi connectivity index (χ4v) is 1.84. The van der Waals surface area contributed by atoms with Crippen molar-refractivity contribution in [2.24, 2.45) is 0 Å². The van der Waals surface area contributed by atoms with Crippen LogP contribution in [0.4, 0.5) is 0 Å². The molecule has 1 aliphatic carbocycles. The molecule has 1 aliphatic heterocycles. The van der Waals surface area contributed by atoms with Gasteiger partial charge in [-0.25, -0.2) is 0 Å². The molecule has 0 aromatic carbocycles. The summed E-state index contributed by atoms with van der Waals surface area (Å²) in [6.45, 7) is -0.637. The van der Waals surface area contributed by atoms with E-state index in [1.807, 2.05) is 0 Å². The average molecular weight is 255 g/mol. The highest BCUT2D eigenvalue weighted by Crippen LogP contribution is 2.57. The van der Waals surface area contributed by atoms with Crippen LogP contribution in [0.25, 0.3) is 0 Å². The lowest BCUT2D eigenvalue weighted by Gasteiger charge is -2.10. The lowest BCUT2D eigenvalue weighted by atomic mass is 10.2. The number of nitrogens with zero attached hydrogens (tertiary/aromatic N) is 1. The fraction of sp³-hybridized carbons (Fsp3) is 1.00. The molecule has 0 unspecified atom stereocenters. The van der Waals surface area contributed by atoms with Crippen LogP contribution in [-0.2, 0) is 0 Å². The van der Waals surface area contributed by atoms with Gasteiger partial charge in [0.25, 0.3) is 11.6 Å². The first-order chi connectivity index (χ1) is 7.34. The van der Waals surface area contributed by atoms with Gasteiger partial charge in [-0.05, 0) is 0 Å². The fourth-order valence-electron chi connectivity index (χ4n) is 1.84. The molecule has 0 bridgehead atoms. The van der Waals surface area contributed by atoms with Crippen molar-refractivity contribution in [2.45, 2.75) is 35.4 Å². The molecule has 0 amide bonds. The van der Waals surface area contributed by atoms with Gasteiger partial charge >= 0.3 is 11.8 Å². The molecule has 100 valence electrons. The van der Waals surface area contributed by atoms with Gasteiger partial charge in [0.1, 0.15) is 0 Å². The van der Waals surface area contributed by atoms with Gasteiger partial charge in [-0.2, -0.15) is 4.90 Å². The van der Waals surface area contributed by atoms with E-state index < -0.39 is 42.0 Å². The maximum absolute atomic E-state index is 9.45. The molecule has 0 atom stereocenters. The van der Waals surface area contributed by atoms with E-state index in [0.717, 1.165) is 0 Å². The van der Waals surface area contributed by atoms with E-state index in [1.165, 1.54) is 0 Å². The van der Waals surface area contributed by atoms with Gasteiger partial charge in [0.05, 0.1) is 0 Å². The molecule has 1 heterocycles. The highest BCUT2D eigenvalue weighted by molar-refractivity contribution is 5.27. The van der Waals surface area contributed by atoms with Crippen molar-refractivity contribution < 1.29 is 46.0 Å². The van der Waals surface area contributed by atoms with Crippen LogP contribution >= 0.6 is 0 Å². The highest BCUT2D eigenvalue weighted by Gasteiger charge is 2.89. The average Bonchev–Trinajstić information content (AvgIpc) is 2.65. The first-order valence-corrected chi connectivity index (χ1v) is 4.63. The summed E-state index contributed by atoms with van der Waals surface area (Å²) in [7, 11) is 0. The van der Waals surface area contributed by atoms with Crippen molar-refractivity contribution in [2.75, 3.05) is 6.54 Å². The molecule has 1 saturated heterocycles. The smallest absolute Gasteiger partial charge is 0.302 e. The largest absolute Gasteiger partial charge is 0.379 e. The topological polar surface area (TPSA) is 185 Å². The summed E-state index contributed by atoms with van der Waals surface area (Å²) in [6.07, 6.45) is -0.751. The Kier molecular flexibility index (Phi) is 2.13. The van der Waals surface area contributed by atoms with Gasteiger partial charge in [-0.1, -0.05) is 0 Å². The summed E-state index contributed by atoms with van der Waals surface area (Å²) in [4.78, 5) is 0.280. The van der Waals surface area contributed by atoms with Gasteiger partial charge in [-0.15, -0.1) is 0 Å². The van der Waals surface area contributed by atoms with Crippen molar-refractivity contribution in [3.05, 3.63) is 0 Å². The standard InChI is InChI=1S/C7H13NO9/c9-3(4(10,11)5(3,12)13)1-2-8-6(14,15)7(8,16)17/h9-17H,1-2H2.